The van der Waals surface area contributed by atoms with E-state index in [0.29, 0.717) is 6.61 Å². The standard InChI is InChI=1S/C16H21N3O/c1-3-20-15-10-13(11-18-12-15)16(17-2)8-7-14-6-4-5-9-19-14/h4-6,9-12,16-17H,3,7-8H2,1-2H3. The van der Waals surface area contributed by atoms with E-state index in [9.17, 15) is 0 Å². The van der Waals surface area contributed by atoms with Crippen LogP contribution in [-0.2, 0) is 6.42 Å². The summed E-state index contributed by atoms with van der Waals surface area (Å²) in [7, 11) is 1.97. The first-order chi connectivity index (χ1) is 9.83. The number of nitrogens with zero attached hydrogens (tertiary/aromatic N) is 2. The highest BCUT2D eigenvalue weighted by atomic mass is 16.5. The maximum atomic E-state index is 5.50. The van der Waals surface area contributed by atoms with Crippen LogP contribution >= 0.6 is 0 Å². The van der Waals surface area contributed by atoms with Crippen LogP contribution in [0.4, 0.5) is 0 Å². The van der Waals surface area contributed by atoms with Crippen molar-refractivity contribution in [2.24, 2.45) is 0 Å². The van der Waals surface area contributed by atoms with Crippen molar-refractivity contribution in [2.45, 2.75) is 25.8 Å². The van der Waals surface area contributed by atoms with Gasteiger partial charge in [0.15, 0.2) is 0 Å². The van der Waals surface area contributed by atoms with Gasteiger partial charge >= 0.3 is 0 Å². The zero-order chi connectivity index (χ0) is 14.2. The minimum absolute atomic E-state index is 0.255. The average Bonchev–Trinajstić information content (AvgIpc) is 2.50. The van der Waals surface area contributed by atoms with Crippen molar-refractivity contribution in [3.05, 3.63) is 54.1 Å². The molecular formula is C16H21N3O. The fourth-order valence-electron chi connectivity index (χ4n) is 2.19. The summed E-state index contributed by atoms with van der Waals surface area (Å²) in [4.78, 5) is 8.60. The Morgan fingerprint density at radius 1 is 1.30 bits per heavy atom. The van der Waals surface area contributed by atoms with Gasteiger partial charge in [-0.1, -0.05) is 6.07 Å². The van der Waals surface area contributed by atoms with Gasteiger partial charge in [-0.05, 0) is 50.6 Å². The van der Waals surface area contributed by atoms with Crippen LogP contribution in [0.5, 0.6) is 5.75 Å². The predicted octanol–water partition coefficient (Wildman–Crippen LogP) is 2.77. The van der Waals surface area contributed by atoms with Crippen molar-refractivity contribution in [1.29, 1.82) is 0 Å². The van der Waals surface area contributed by atoms with Gasteiger partial charge in [0.2, 0.25) is 0 Å². The minimum Gasteiger partial charge on any atom is -0.492 e. The van der Waals surface area contributed by atoms with Crippen LogP contribution < -0.4 is 10.1 Å². The molecule has 2 aromatic rings. The van der Waals surface area contributed by atoms with Gasteiger partial charge < -0.3 is 10.1 Å². The molecule has 1 unspecified atom stereocenters. The van der Waals surface area contributed by atoms with E-state index in [4.69, 9.17) is 4.74 Å². The number of aromatic nitrogens is 2. The van der Waals surface area contributed by atoms with Crippen molar-refractivity contribution in [3.63, 3.8) is 0 Å². The molecule has 0 amide bonds. The molecule has 0 spiro atoms. The van der Waals surface area contributed by atoms with E-state index in [1.807, 2.05) is 38.5 Å². The number of aryl methyl sites for hydroxylation is 1. The topological polar surface area (TPSA) is 47.0 Å². The van der Waals surface area contributed by atoms with Gasteiger partial charge in [0.05, 0.1) is 12.8 Å². The van der Waals surface area contributed by atoms with Crippen LogP contribution in [0.2, 0.25) is 0 Å². The Labute approximate surface area is 120 Å². The first kappa shape index (κ1) is 14.5. The highest BCUT2D eigenvalue weighted by Crippen LogP contribution is 2.21. The highest BCUT2D eigenvalue weighted by molar-refractivity contribution is 5.26. The van der Waals surface area contributed by atoms with Crippen molar-refractivity contribution in [1.82, 2.24) is 15.3 Å². The largest absolute Gasteiger partial charge is 0.492 e. The van der Waals surface area contributed by atoms with Crippen molar-refractivity contribution in [3.8, 4) is 5.75 Å². The van der Waals surface area contributed by atoms with Gasteiger partial charge in [-0.15, -0.1) is 0 Å². The van der Waals surface area contributed by atoms with Gasteiger partial charge in [-0.2, -0.15) is 0 Å². The van der Waals surface area contributed by atoms with Crippen LogP contribution in [0.3, 0.4) is 0 Å². The lowest BCUT2D eigenvalue weighted by Gasteiger charge is -2.17. The van der Waals surface area contributed by atoms with E-state index in [1.54, 1.807) is 6.20 Å². The number of pyridine rings is 2. The summed E-state index contributed by atoms with van der Waals surface area (Å²) in [5, 5.41) is 3.33. The second-order valence-electron chi connectivity index (χ2n) is 4.59. The molecule has 0 bridgehead atoms. The third-order valence-electron chi connectivity index (χ3n) is 3.21. The Bertz CT molecular complexity index is 516. The van der Waals surface area contributed by atoms with Gasteiger partial charge in [0.1, 0.15) is 5.75 Å². The molecule has 20 heavy (non-hydrogen) atoms. The normalized spacial score (nSPS) is 12.1. The minimum atomic E-state index is 0.255. The Balaban J connectivity index is 2.02. The summed E-state index contributed by atoms with van der Waals surface area (Å²) in [5.41, 5.74) is 2.26. The Morgan fingerprint density at radius 3 is 2.90 bits per heavy atom. The molecule has 4 heteroatoms. The number of nitrogens with one attached hydrogen (secondary N) is 1. The lowest BCUT2D eigenvalue weighted by molar-refractivity contribution is 0.337. The summed E-state index contributed by atoms with van der Waals surface area (Å²) in [6.45, 7) is 2.63. The Hall–Kier alpha value is -1.94. The summed E-state index contributed by atoms with van der Waals surface area (Å²) in [6, 6.07) is 8.32. The molecule has 0 saturated carbocycles. The summed E-state index contributed by atoms with van der Waals surface area (Å²) >= 11 is 0. The average molecular weight is 271 g/mol. The van der Waals surface area contributed by atoms with Crippen molar-refractivity contribution < 1.29 is 4.74 Å². The van der Waals surface area contributed by atoms with Crippen LogP contribution in [0.15, 0.2) is 42.9 Å². The zero-order valence-corrected chi connectivity index (χ0v) is 12.0. The second kappa shape index (κ2) is 7.60. The Morgan fingerprint density at radius 2 is 2.20 bits per heavy atom. The van der Waals surface area contributed by atoms with Crippen LogP contribution in [0.1, 0.15) is 30.6 Å². The zero-order valence-electron chi connectivity index (χ0n) is 12.0. The molecule has 0 radical (unpaired) electrons. The van der Waals surface area contributed by atoms with Crippen molar-refractivity contribution >= 4 is 0 Å². The Kier molecular flexibility index (Phi) is 5.50. The molecule has 0 aliphatic carbocycles. The molecule has 1 atom stereocenters. The maximum Gasteiger partial charge on any atom is 0.137 e. The molecular weight excluding hydrogens is 250 g/mol. The van der Waals surface area contributed by atoms with Crippen LogP contribution in [-0.4, -0.2) is 23.6 Å². The smallest absolute Gasteiger partial charge is 0.137 e. The molecule has 2 rings (SSSR count). The van der Waals surface area contributed by atoms with E-state index in [1.165, 1.54) is 0 Å². The van der Waals surface area contributed by atoms with E-state index in [-0.39, 0.29) is 6.04 Å². The SMILES string of the molecule is CCOc1cncc(C(CCc2ccccn2)NC)c1. The first-order valence-electron chi connectivity index (χ1n) is 6.98. The van der Waals surface area contributed by atoms with E-state index >= 15 is 0 Å². The monoisotopic (exact) mass is 271 g/mol. The molecule has 2 aromatic heterocycles. The molecule has 4 nitrogen and oxygen atoms in total. The molecule has 0 aromatic carbocycles. The second-order valence-corrected chi connectivity index (χ2v) is 4.59. The van der Waals surface area contributed by atoms with E-state index in [2.05, 4.69) is 27.4 Å². The third-order valence-corrected chi connectivity index (χ3v) is 3.21. The first-order valence-corrected chi connectivity index (χ1v) is 6.98. The lowest BCUT2D eigenvalue weighted by Crippen LogP contribution is -2.17. The van der Waals surface area contributed by atoms with Crippen LogP contribution in [0.25, 0.3) is 0 Å². The molecule has 0 fully saturated rings. The lowest BCUT2D eigenvalue weighted by atomic mass is 10.0. The summed E-state index contributed by atoms with van der Waals surface area (Å²) in [5.74, 6) is 0.822. The third kappa shape index (κ3) is 4.03. The van der Waals surface area contributed by atoms with E-state index in [0.717, 1.165) is 29.8 Å². The van der Waals surface area contributed by atoms with Crippen LogP contribution in [0, 0.1) is 0 Å². The van der Waals surface area contributed by atoms with Gasteiger partial charge in [0, 0.05) is 24.1 Å². The van der Waals surface area contributed by atoms with Gasteiger partial charge in [-0.25, -0.2) is 0 Å². The molecule has 1 N–H and O–H groups in total. The number of hydrogen-bond donors (Lipinski definition) is 1. The molecule has 2 heterocycles. The van der Waals surface area contributed by atoms with E-state index < -0.39 is 0 Å². The number of ether oxygens (including phenoxy) is 1. The van der Waals surface area contributed by atoms with Gasteiger partial charge in [-0.3, -0.25) is 9.97 Å². The summed E-state index contributed by atoms with van der Waals surface area (Å²) in [6.07, 6.45) is 7.39. The number of rotatable bonds is 7. The summed E-state index contributed by atoms with van der Waals surface area (Å²) < 4.78 is 5.50. The van der Waals surface area contributed by atoms with Gasteiger partial charge in [0.25, 0.3) is 0 Å². The maximum absolute atomic E-state index is 5.50. The fraction of sp³-hybridized carbons (Fsp3) is 0.375. The quantitative estimate of drug-likeness (QED) is 0.841. The molecule has 0 saturated heterocycles. The molecule has 0 aliphatic heterocycles. The molecule has 106 valence electrons. The number of hydrogen-bond acceptors (Lipinski definition) is 4. The van der Waals surface area contributed by atoms with Crippen molar-refractivity contribution in [2.75, 3.05) is 13.7 Å². The highest BCUT2D eigenvalue weighted by Gasteiger charge is 2.11. The predicted molar refractivity (Wildman–Crippen MR) is 79.8 cm³/mol. The molecule has 0 aliphatic rings. The fourth-order valence-corrected chi connectivity index (χ4v) is 2.19.